The number of pyridine rings is 1. The van der Waals surface area contributed by atoms with Gasteiger partial charge in [-0.3, -0.25) is 9.69 Å². The van der Waals surface area contributed by atoms with E-state index < -0.39 is 12.1 Å². The van der Waals surface area contributed by atoms with Crippen molar-refractivity contribution in [1.82, 2.24) is 14.8 Å². The summed E-state index contributed by atoms with van der Waals surface area (Å²) in [6.07, 6.45) is 5.10. The topological polar surface area (TPSA) is 73.7 Å². The Morgan fingerprint density at radius 3 is 2.75 bits per heavy atom. The minimum absolute atomic E-state index is 0.0122. The summed E-state index contributed by atoms with van der Waals surface area (Å²) in [4.78, 5) is 30.8. The van der Waals surface area contributed by atoms with E-state index in [9.17, 15) is 14.7 Å². The average molecular weight is 365 g/mol. The number of carbonyl (C=O) groups excluding carboxylic acids is 1. The second kappa shape index (κ2) is 7.76. The van der Waals surface area contributed by atoms with Gasteiger partial charge in [-0.25, -0.2) is 14.7 Å². The predicted molar refractivity (Wildman–Crippen MR) is 96.7 cm³/mol. The van der Waals surface area contributed by atoms with Gasteiger partial charge in [-0.05, 0) is 44.0 Å². The molecule has 0 saturated carbocycles. The van der Waals surface area contributed by atoms with Crippen LogP contribution in [0.1, 0.15) is 38.3 Å². The molecule has 0 aliphatic carbocycles. The lowest BCUT2D eigenvalue weighted by Crippen LogP contribution is -2.51. The van der Waals surface area contributed by atoms with Gasteiger partial charge in [0.15, 0.2) is 5.11 Å². The van der Waals surface area contributed by atoms with E-state index in [-0.39, 0.29) is 11.0 Å². The van der Waals surface area contributed by atoms with Gasteiger partial charge in [0.1, 0.15) is 5.03 Å². The van der Waals surface area contributed by atoms with Crippen LogP contribution >= 0.6 is 24.0 Å². The van der Waals surface area contributed by atoms with Crippen molar-refractivity contribution in [2.75, 3.05) is 6.26 Å². The maximum atomic E-state index is 12.6. The van der Waals surface area contributed by atoms with Crippen molar-refractivity contribution < 1.29 is 14.7 Å². The van der Waals surface area contributed by atoms with Crippen molar-refractivity contribution in [1.29, 1.82) is 0 Å². The molecule has 24 heavy (non-hydrogen) atoms. The summed E-state index contributed by atoms with van der Waals surface area (Å²) in [6.45, 7) is 3.57. The zero-order valence-corrected chi connectivity index (χ0v) is 15.4. The lowest BCUT2D eigenvalue weighted by atomic mass is 10.0. The number of thioether (sulfide) groups is 1. The van der Waals surface area contributed by atoms with Crippen LogP contribution in [0.5, 0.6) is 0 Å². The van der Waals surface area contributed by atoms with Crippen molar-refractivity contribution >= 4 is 41.1 Å². The van der Waals surface area contributed by atoms with Gasteiger partial charge in [0.25, 0.3) is 0 Å². The Morgan fingerprint density at radius 2 is 2.17 bits per heavy atom. The van der Waals surface area contributed by atoms with E-state index in [0.717, 1.165) is 15.5 Å². The number of nitrogens with zero attached hydrogens (tertiary/aromatic N) is 3. The van der Waals surface area contributed by atoms with Crippen molar-refractivity contribution in [2.24, 2.45) is 0 Å². The summed E-state index contributed by atoms with van der Waals surface area (Å²) in [6, 6.07) is 3.23. The van der Waals surface area contributed by atoms with Crippen LogP contribution in [0.4, 0.5) is 4.79 Å². The second-order valence-corrected chi connectivity index (χ2v) is 6.43. The highest BCUT2D eigenvalue weighted by molar-refractivity contribution is 7.98. The molecule has 0 spiro atoms. The summed E-state index contributed by atoms with van der Waals surface area (Å²) >= 11 is 6.81. The molecule has 1 N–H and O–H groups in total. The van der Waals surface area contributed by atoms with Crippen molar-refractivity contribution in [3.8, 4) is 0 Å². The number of rotatable bonds is 4. The van der Waals surface area contributed by atoms with Gasteiger partial charge in [0.2, 0.25) is 5.91 Å². The van der Waals surface area contributed by atoms with Crippen molar-refractivity contribution in [3.63, 3.8) is 0 Å². The van der Waals surface area contributed by atoms with E-state index >= 15 is 0 Å². The molecule has 0 fully saturated rings. The van der Waals surface area contributed by atoms with Gasteiger partial charge in [-0.1, -0.05) is 13.0 Å². The summed E-state index contributed by atoms with van der Waals surface area (Å²) in [5.74, 6) is -0.196. The molecule has 2 rings (SSSR count). The Hall–Kier alpha value is -1.93. The lowest BCUT2D eigenvalue weighted by Gasteiger charge is -2.39. The van der Waals surface area contributed by atoms with E-state index in [4.69, 9.17) is 12.2 Å². The van der Waals surface area contributed by atoms with E-state index in [2.05, 4.69) is 4.98 Å². The third-order valence-corrected chi connectivity index (χ3v) is 4.77. The Bertz CT molecular complexity index is 706. The van der Waals surface area contributed by atoms with Crippen LogP contribution in [0.15, 0.2) is 35.1 Å². The quantitative estimate of drug-likeness (QED) is 0.648. The lowest BCUT2D eigenvalue weighted by molar-refractivity contribution is -0.129. The third-order valence-electron chi connectivity index (χ3n) is 3.66. The summed E-state index contributed by atoms with van der Waals surface area (Å²) < 4.78 is 0. The van der Waals surface area contributed by atoms with E-state index in [1.165, 1.54) is 16.7 Å². The molecule has 0 bridgehead atoms. The molecular weight excluding hydrogens is 346 g/mol. The van der Waals surface area contributed by atoms with E-state index in [1.54, 1.807) is 25.3 Å². The number of aromatic nitrogens is 1. The molecule has 1 aromatic heterocycles. The molecule has 2 amide bonds. The summed E-state index contributed by atoms with van der Waals surface area (Å²) in [5, 5.41) is 10.2. The fourth-order valence-electron chi connectivity index (χ4n) is 2.61. The van der Waals surface area contributed by atoms with Crippen LogP contribution in [0, 0.1) is 0 Å². The highest BCUT2D eigenvalue weighted by Gasteiger charge is 2.38. The molecule has 8 heteroatoms. The second-order valence-electron chi connectivity index (χ2n) is 5.27. The summed E-state index contributed by atoms with van der Waals surface area (Å²) in [7, 11) is 0. The van der Waals surface area contributed by atoms with Crippen LogP contribution in [-0.4, -0.2) is 43.3 Å². The Labute approximate surface area is 150 Å². The zero-order valence-electron chi connectivity index (χ0n) is 13.7. The monoisotopic (exact) mass is 365 g/mol. The number of hydrogen-bond donors (Lipinski definition) is 1. The van der Waals surface area contributed by atoms with Crippen LogP contribution in [0.3, 0.4) is 0 Å². The third kappa shape index (κ3) is 3.44. The highest BCUT2D eigenvalue weighted by atomic mass is 32.2. The van der Waals surface area contributed by atoms with Crippen molar-refractivity contribution in [3.05, 3.63) is 35.7 Å². The molecule has 6 nitrogen and oxygen atoms in total. The minimum atomic E-state index is -1.20. The van der Waals surface area contributed by atoms with E-state index in [0.29, 0.717) is 18.5 Å². The maximum Gasteiger partial charge on any atom is 0.418 e. The number of carboxylic acid groups (broad SMARTS) is 1. The normalized spacial score (nSPS) is 17.7. The first-order chi connectivity index (χ1) is 11.4. The van der Waals surface area contributed by atoms with Crippen molar-refractivity contribution in [2.45, 2.75) is 37.8 Å². The Kier molecular flexibility index (Phi) is 5.95. The molecule has 1 unspecified atom stereocenters. The molecule has 1 aliphatic heterocycles. The van der Waals surface area contributed by atoms with Gasteiger partial charge < -0.3 is 5.11 Å². The molecule has 1 aliphatic rings. The fraction of sp³-hybridized carbons (Fsp3) is 0.375. The molecule has 0 aromatic carbocycles. The van der Waals surface area contributed by atoms with Crippen LogP contribution in [0.25, 0.3) is 0 Å². The number of thiocarbonyl (C=S) groups is 1. The summed E-state index contributed by atoms with van der Waals surface area (Å²) in [5.41, 5.74) is 1.31. The van der Waals surface area contributed by atoms with Gasteiger partial charge >= 0.3 is 6.09 Å². The van der Waals surface area contributed by atoms with Gasteiger partial charge in [-0.2, -0.15) is 0 Å². The SMILES string of the molecule is CCCC(=O)N1C(=S)N(C(=O)O)C(C)=CC1c1cccnc1SC. The number of allylic oxidation sites excluding steroid dienone is 1. The van der Waals surface area contributed by atoms with Crippen LogP contribution in [0.2, 0.25) is 0 Å². The zero-order chi connectivity index (χ0) is 17.9. The standard InChI is InChI=1S/C16H19N3O3S2/c1-4-6-13(20)19-12(11-7-5-8-17-14(11)24-3)9-10(2)18(15(19)23)16(21)22/h5,7-9,12H,4,6H2,1-3H3,(H,21,22). The highest BCUT2D eigenvalue weighted by Crippen LogP contribution is 2.35. The molecule has 2 heterocycles. The molecule has 1 atom stereocenters. The molecule has 0 radical (unpaired) electrons. The first kappa shape index (κ1) is 18.4. The molecule has 128 valence electrons. The first-order valence-corrected chi connectivity index (χ1v) is 9.12. The molecule has 1 aromatic rings. The number of carbonyl (C=O) groups is 2. The average Bonchev–Trinajstić information content (AvgIpc) is 2.53. The Balaban J connectivity index is 2.59. The van der Waals surface area contributed by atoms with Gasteiger partial charge in [0.05, 0.1) is 6.04 Å². The predicted octanol–water partition coefficient (Wildman–Crippen LogP) is 3.66. The number of hydrogen-bond acceptors (Lipinski definition) is 5. The molecular formula is C16H19N3O3S2. The fourth-order valence-corrected chi connectivity index (χ4v) is 3.64. The minimum Gasteiger partial charge on any atom is -0.464 e. The van der Waals surface area contributed by atoms with Crippen LogP contribution in [-0.2, 0) is 4.79 Å². The van der Waals surface area contributed by atoms with Gasteiger partial charge in [0, 0.05) is 23.9 Å². The maximum absolute atomic E-state index is 12.6. The largest absolute Gasteiger partial charge is 0.464 e. The number of amides is 2. The first-order valence-electron chi connectivity index (χ1n) is 7.48. The van der Waals surface area contributed by atoms with E-state index in [1.807, 2.05) is 19.2 Å². The Morgan fingerprint density at radius 1 is 1.46 bits per heavy atom. The smallest absolute Gasteiger partial charge is 0.418 e. The molecule has 0 saturated heterocycles. The van der Waals surface area contributed by atoms with Gasteiger partial charge in [-0.15, -0.1) is 11.8 Å². The van der Waals surface area contributed by atoms with Crippen LogP contribution < -0.4 is 0 Å².